The lowest BCUT2D eigenvalue weighted by atomic mass is 10.1. The molecule has 1 heterocycles. The number of anilines is 1. The fourth-order valence-electron chi connectivity index (χ4n) is 1.60. The average Bonchev–Trinajstić information content (AvgIpc) is 2.06. The SMILES string of the molecule is Cc1cc(C)c2cc(N)cnc2c1.Cl.Cl. The summed E-state index contributed by atoms with van der Waals surface area (Å²) in [5.41, 5.74) is 9.88. The van der Waals surface area contributed by atoms with Crippen LogP contribution in [0.2, 0.25) is 0 Å². The largest absolute Gasteiger partial charge is 0.397 e. The molecule has 0 saturated carbocycles. The number of hydrogen-bond acceptors (Lipinski definition) is 2. The topological polar surface area (TPSA) is 38.9 Å². The third-order valence-electron chi connectivity index (χ3n) is 2.17. The van der Waals surface area contributed by atoms with Crippen molar-refractivity contribution in [2.45, 2.75) is 13.8 Å². The third-order valence-corrected chi connectivity index (χ3v) is 2.17. The lowest BCUT2D eigenvalue weighted by molar-refractivity contribution is 1.36. The zero-order valence-electron chi connectivity index (χ0n) is 8.65. The van der Waals surface area contributed by atoms with E-state index in [-0.39, 0.29) is 24.8 Å². The molecule has 2 rings (SSSR count). The Kier molecular flexibility index (Phi) is 4.85. The monoisotopic (exact) mass is 244 g/mol. The van der Waals surface area contributed by atoms with Gasteiger partial charge in [-0.1, -0.05) is 6.07 Å². The molecule has 0 atom stereocenters. The second-order valence-corrected chi connectivity index (χ2v) is 3.42. The Labute approximate surface area is 102 Å². The van der Waals surface area contributed by atoms with E-state index in [9.17, 15) is 0 Å². The fraction of sp³-hybridized carbons (Fsp3) is 0.182. The summed E-state index contributed by atoms with van der Waals surface area (Å²) in [5, 5.41) is 1.14. The Morgan fingerprint density at radius 1 is 1.07 bits per heavy atom. The van der Waals surface area contributed by atoms with Gasteiger partial charge in [-0.2, -0.15) is 0 Å². The van der Waals surface area contributed by atoms with Crippen molar-refractivity contribution in [1.29, 1.82) is 0 Å². The summed E-state index contributed by atoms with van der Waals surface area (Å²) in [7, 11) is 0. The van der Waals surface area contributed by atoms with Gasteiger partial charge in [-0.05, 0) is 37.1 Å². The lowest BCUT2D eigenvalue weighted by Crippen LogP contribution is -1.89. The van der Waals surface area contributed by atoms with Gasteiger partial charge < -0.3 is 5.73 Å². The average molecular weight is 245 g/mol. The van der Waals surface area contributed by atoms with Crippen molar-refractivity contribution >= 4 is 41.4 Å². The zero-order chi connectivity index (χ0) is 9.42. The molecule has 0 aliphatic heterocycles. The molecular formula is C11H14Cl2N2. The molecule has 4 heteroatoms. The predicted molar refractivity (Wildman–Crippen MR) is 70.1 cm³/mol. The van der Waals surface area contributed by atoms with E-state index in [2.05, 4.69) is 31.0 Å². The van der Waals surface area contributed by atoms with Crippen molar-refractivity contribution in [1.82, 2.24) is 4.98 Å². The van der Waals surface area contributed by atoms with Gasteiger partial charge in [0.2, 0.25) is 0 Å². The van der Waals surface area contributed by atoms with Crippen molar-refractivity contribution < 1.29 is 0 Å². The number of nitrogens with two attached hydrogens (primary N) is 1. The maximum atomic E-state index is 5.67. The number of pyridine rings is 1. The Balaban J connectivity index is 0.000000980. The van der Waals surface area contributed by atoms with E-state index in [0.29, 0.717) is 0 Å². The maximum absolute atomic E-state index is 5.67. The molecule has 1 aromatic heterocycles. The maximum Gasteiger partial charge on any atom is 0.0708 e. The Morgan fingerprint density at radius 3 is 2.40 bits per heavy atom. The minimum absolute atomic E-state index is 0. The van der Waals surface area contributed by atoms with E-state index in [0.717, 1.165) is 16.6 Å². The summed E-state index contributed by atoms with van der Waals surface area (Å²) >= 11 is 0. The third kappa shape index (κ3) is 2.74. The second kappa shape index (κ2) is 5.19. The zero-order valence-corrected chi connectivity index (χ0v) is 10.3. The van der Waals surface area contributed by atoms with Crippen LogP contribution in [0.15, 0.2) is 24.4 Å². The van der Waals surface area contributed by atoms with Gasteiger partial charge in [-0.3, -0.25) is 4.98 Å². The molecule has 0 fully saturated rings. The molecule has 0 amide bonds. The highest BCUT2D eigenvalue weighted by Gasteiger charge is 1.99. The first kappa shape index (κ1) is 14.0. The summed E-state index contributed by atoms with van der Waals surface area (Å²) in [6, 6.07) is 6.18. The van der Waals surface area contributed by atoms with Crippen LogP contribution in [0.25, 0.3) is 10.9 Å². The Hall–Kier alpha value is -0.990. The summed E-state index contributed by atoms with van der Waals surface area (Å²) in [6.07, 6.45) is 1.70. The molecule has 2 nitrogen and oxygen atoms in total. The number of aryl methyl sites for hydroxylation is 2. The van der Waals surface area contributed by atoms with Crippen LogP contribution in [0.5, 0.6) is 0 Å². The van der Waals surface area contributed by atoms with E-state index in [1.807, 2.05) is 6.07 Å². The summed E-state index contributed by atoms with van der Waals surface area (Å²) < 4.78 is 0. The van der Waals surface area contributed by atoms with Gasteiger partial charge in [-0.15, -0.1) is 24.8 Å². The number of aromatic nitrogens is 1. The molecule has 0 radical (unpaired) electrons. The Morgan fingerprint density at radius 2 is 1.73 bits per heavy atom. The molecule has 0 spiro atoms. The fourth-order valence-corrected chi connectivity index (χ4v) is 1.60. The van der Waals surface area contributed by atoms with E-state index < -0.39 is 0 Å². The van der Waals surface area contributed by atoms with Gasteiger partial charge in [0.05, 0.1) is 17.4 Å². The summed E-state index contributed by atoms with van der Waals surface area (Å²) in [6.45, 7) is 4.15. The highest BCUT2D eigenvalue weighted by molar-refractivity contribution is 5.86. The van der Waals surface area contributed by atoms with Gasteiger partial charge in [0, 0.05) is 5.39 Å². The van der Waals surface area contributed by atoms with Gasteiger partial charge >= 0.3 is 0 Å². The number of hydrogen-bond donors (Lipinski definition) is 1. The molecule has 0 aliphatic rings. The molecule has 82 valence electrons. The quantitative estimate of drug-likeness (QED) is 0.773. The molecule has 0 unspecified atom stereocenters. The van der Waals surface area contributed by atoms with Crippen LogP contribution in [0, 0.1) is 13.8 Å². The van der Waals surface area contributed by atoms with Crippen LogP contribution in [-0.4, -0.2) is 4.98 Å². The van der Waals surface area contributed by atoms with Crippen molar-refractivity contribution in [2.75, 3.05) is 5.73 Å². The van der Waals surface area contributed by atoms with Gasteiger partial charge in [0.25, 0.3) is 0 Å². The van der Waals surface area contributed by atoms with Crippen molar-refractivity contribution in [2.24, 2.45) is 0 Å². The number of halogens is 2. The second-order valence-electron chi connectivity index (χ2n) is 3.42. The minimum atomic E-state index is 0. The highest BCUT2D eigenvalue weighted by Crippen LogP contribution is 2.20. The summed E-state index contributed by atoms with van der Waals surface area (Å²) in [5.74, 6) is 0. The van der Waals surface area contributed by atoms with Crippen LogP contribution in [0.1, 0.15) is 11.1 Å². The molecular weight excluding hydrogens is 231 g/mol. The predicted octanol–water partition coefficient (Wildman–Crippen LogP) is 3.28. The van der Waals surface area contributed by atoms with Crippen LogP contribution in [-0.2, 0) is 0 Å². The molecule has 0 bridgehead atoms. The molecule has 1 aromatic carbocycles. The molecule has 0 aliphatic carbocycles. The highest BCUT2D eigenvalue weighted by atomic mass is 35.5. The van der Waals surface area contributed by atoms with Crippen molar-refractivity contribution in [3.05, 3.63) is 35.5 Å². The molecule has 2 N–H and O–H groups in total. The standard InChI is InChI=1S/C11H12N2.2ClH/c1-7-3-8(2)10-5-9(12)6-13-11(10)4-7;;/h3-6H,12H2,1-2H3;2*1H. The van der Waals surface area contributed by atoms with Crippen LogP contribution >= 0.6 is 24.8 Å². The first-order valence-electron chi connectivity index (χ1n) is 4.29. The number of rotatable bonds is 0. The van der Waals surface area contributed by atoms with Crippen LogP contribution in [0.3, 0.4) is 0 Å². The van der Waals surface area contributed by atoms with Crippen LogP contribution < -0.4 is 5.73 Å². The first-order valence-corrected chi connectivity index (χ1v) is 4.29. The van der Waals surface area contributed by atoms with E-state index in [4.69, 9.17) is 5.73 Å². The number of nitrogen functional groups attached to an aromatic ring is 1. The van der Waals surface area contributed by atoms with E-state index in [1.54, 1.807) is 6.20 Å². The number of nitrogens with zero attached hydrogens (tertiary/aromatic N) is 1. The molecule has 0 saturated heterocycles. The van der Waals surface area contributed by atoms with Gasteiger partial charge in [0.15, 0.2) is 0 Å². The van der Waals surface area contributed by atoms with Crippen LogP contribution in [0.4, 0.5) is 5.69 Å². The van der Waals surface area contributed by atoms with E-state index in [1.165, 1.54) is 11.1 Å². The normalized spacial score (nSPS) is 9.20. The van der Waals surface area contributed by atoms with Gasteiger partial charge in [-0.25, -0.2) is 0 Å². The first-order chi connectivity index (χ1) is 6.16. The lowest BCUT2D eigenvalue weighted by Gasteiger charge is -2.03. The summed E-state index contributed by atoms with van der Waals surface area (Å²) in [4.78, 5) is 4.28. The van der Waals surface area contributed by atoms with Gasteiger partial charge in [0.1, 0.15) is 0 Å². The molecule has 15 heavy (non-hydrogen) atoms. The molecule has 2 aromatic rings. The Bertz CT molecular complexity index is 469. The number of fused-ring (bicyclic) bond motifs is 1. The smallest absolute Gasteiger partial charge is 0.0708 e. The minimum Gasteiger partial charge on any atom is -0.397 e. The number of benzene rings is 1. The van der Waals surface area contributed by atoms with Crippen molar-refractivity contribution in [3.8, 4) is 0 Å². The van der Waals surface area contributed by atoms with Crippen molar-refractivity contribution in [3.63, 3.8) is 0 Å². The van der Waals surface area contributed by atoms with E-state index >= 15 is 0 Å².